The fourth-order valence-corrected chi connectivity index (χ4v) is 4.00. The summed E-state index contributed by atoms with van der Waals surface area (Å²) in [5.74, 6) is -0.0116. The number of carbonyl (C=O) groups excluding carboxylic acids is 1. The van der Waals surface area contributed by atoms with Gasteiger partial charge in [-0.3, -0.25) is 9.78 Å². The van der Waals surface area contributed by atoms with Crippen LogP contribution in [0.25, 0.3) is 0 Å². The van der Waals surface area contributed by atoms with Gasteiger partial charge in [-0.1, -0.05) is 6.42 Å². The highest BCUT2D eigenvalue weighted by atomic mass is 16.5. The molecule has 2 atom stereocenters. The minimum absolute atomic E-state index is 0.0307. The van der Waals surface area contributed by atoms with E-state index in [4.69, 9.17) is 4.74 Å². The zero-order chi connectivity index (χ0) is 14.9. The second-order valence-electron chi connectivity index (χ2n) is 6.24. The smallest absolute Gasteiger partial charge is 0.255 e. The fourth-order valence-electron chi connectivity index (χ4n) is 4.00. The van der Waals surface area contributed by atoms with Crippen LogP contribution in [0.3, 0.4) is 0 Å². The van der Waals surface area contributed by atoms with Crippen molar-refractivity contribution >= 4 is 5.91 Å². The molecule has 1 aliphatic heterocycles. The van der Waals surface area contributed by atoms with Gasteiger partial charge in [-0.25, -0.2) is 0 Å². The molecule has 1 amide bonds. The van der Waals surface area contributed by atoms with E-state index >= 15 is 0 Å². The van der Waals surface area contributed by atoms with Gasteiger partial charge in [-0.15, -0.1) is 0 Å². The Balaban J connectivity index is 1.78. The van der Waals surface area contributed by atoms with Crippen molar-refractivity contribution in [2.75, 3.05) is 20.2 Å². The van der Waals surface area contributed by atoms with Gasteiger partial charge in [0.2, 0.25) is 0 Å². The lowest BCUT2D eigenvalue weighted by atomic mass is 9.76. The summed E-state index contributed by atoms with van der Waals surface area (Å²) in [6.45, 7) is 1.52. The molecule has 2 heterocycles. The Kier molecular flexibility index (Phi) is 3.85. The molecule has 2 aliphatic rings. The molecule has 114 valence electrons. The van der Waals surface area contributed by atoms with Crippen molar-refractivity contribution in [3.05, 3.63) is 24.0 Å². The molecule has 1 saturated heterocycles. The molecule has 1 spiro atoms. The lowest BCUT2D eigenvalue weighted by molar-refractivity contribution is -0.0295. The third kappa shape index (κ3) is 2.62. The molecular formula is C16H22N2O3. The Labute approximate surface area is 124 Å². The molecule has 0 aromatic carbocycles. The maximum atomic E-state index is 12.6. The van der Waals surface area contributed by atoms with E-state index in [2.05, 4.69) is 4.98 Å². The Morgan fingerprint density at radius 1 is 1.43 bits per heavy atom. The molecule has 5 heteroatoms. The second-order valence-corrected chi connectivity index (χ2v) is 6.24. The monoisotopic (exact) mass is 290 g/mol. The number of ether oxygens (including phenoxy) is 1. The zero-order valence-corrected chi connectivity index (χ0v) is 12.4. The first-order valence-corrected chi connectivity index (χ1v) is 7.61. The van der Waals surface area contributed by atoms with E-state index in [9.17, 15) is 9.90 Å². The van der Waals surface area contributed by atoms with Gasteiger partial charge in [-0.2, -0.15) is 0 Å². The lowest BCUT2D eigenvalue weighted by Gasteiger charge is -2.43. The lowest BCUT2D eigenvalue weighted by Crippen LogP contribution is -2.49. The van der Waals surface area contributed by atoms with Gasteiger partial charge in [0, 0.05) is 31.8 Å². The summed E-state index contributed by atoms with van der Waals surface area (Å²) in [5.41, 5.74) is 0.575. The average molecular weight is 290 g/mol. The van der Waals surface area contributed by atoms with Crippen LogP contribution in [0.15, 0.2) is 18.5 Å². The van der Waals surface area contributed by atoms with Crippen molar-refractivity contribution in [2.24, 2.45) is 5.41 Å². The van der Waals surface area contributed by atoms with Crippen LogP contribution in [0.2, 0.25) is 0 Å². The number of carbonyl (C=O) groups is 1. The van der Waals surface area contributed by atoms with Crippen LogP contribution in [0.1, 0.15) is 42.5 Å². The molecule has 3 rings (SSSR count). The van der Waals surface area contributed by atoms with E-state index in [1.54, 1.807) is 7.11 Å². The van der Waals surface area contributed by atoms with Crippen LogP contribution >= 0.6 is 0 Å². The van der Waals surface area contributed by atoms with Crippen molar-refractivity contribution in [1.29, 1.82) is 0 Å². The predicted molar refractivity (Wildman–Crippen MR) is 78.1 cm³/mol. The highest BCUT2D eigenvalue weighted by Crippen LogP contribution is 2.46. The quantitative estimate of drug-likeness (QED) is 0.907. The van der Waals surface area contributed by atoms with Crippen LogP contribution in [-0.2, 0) is 4.74 Å². The van der Waals surface area contributed by atoms with Crippen LogP contribution in [-0.4, -0.2) is 47.2 Å². The molecule has 21 heavy (non-hydrogen) atoms. The minimum Gasteiger partial charge on any atom is -0.506 e. The Bertz CT molecular complexity index is 534. The summed E-state index contributed by atoms with van der Waals surface area (Å²) in [7, 11) is 1.78. The molecule has 5 nitrogen and oxygen atoms in total. The number of hydrogen-bond acceptors (Lipinski definition) is 4. The normalized spacial score (nSPS) is 29.0. The Morgan fingerprint density at radius 3 is 3.00 bits per heavy atom. The van der Waals surface area contributed by atoms with E-state index in [0.29, 0.717) is 5.56 Å². The summed E-state index contributed by atoms with van der Waals surface area (Å²) < 4.78 is 5.67. The van der Waals surface area contributed by atoms with Crippen molar-refractivity contribution < 1.29 is 14.6 Å². The molecule has 0 bridgehead atoms. The first kappa shape index (κ1) is 14.3. The molecule has 1 aromatic rings. The molecule has 0 unspecified atom stereocenters. The van der Waals surface area contributed by atoms with Gasteiger partial charge >= 0.3 is 0 Å². The summed E-state index contributed by atoms with van der Waals surface area (Å²) in [4.78, 5) is 18.4. The van der Waals surface area contributed by atoms with Crippen molar-refractivity contribution in [2.45, 2.75) is 38.2 Å². The first-order valence-electron chi connectivity index (χ1n) is 7.61. The summed E-state index contributed by atoms with van der Waals surface area (Å²) in [6, 6.07) is 1.49. The van der Waals surface area contributed by atoms with E-state index in [-0.39, 0.29) is 23.2 Å². The highest BCUT2D eigenvalue weighted by Gasteiger charge is 2.46. The van der Waals surface area contributed by atoms with Gasteiger partial charge < -0.3 is 14.7 Å². The third-order valence-electron chi connectivity index (χ3n) is 4.97. The van der Waals surface area contributed by atoms with Gasteiger partial charge in [0.1, 0.15) is 5.75 Å². The highest BCUT2D eigenvalue weighted by molar-refractivity contribution is 5.94. The van der Waals surface area contributed by atoms with Gasteiger partial charge in [-0.05, 0) is 31.7 Å². The fraction of sp³-hybridized carbons (Fsp3) is 0.625. The number of rotatable bonds is 2. The summed E-state index contributed by atoms with van der Waals surface area (Å²) in [6.07, 6.45) is 8.66. The number of methoxy groups -OCH3 is 1. The van der Waals surface area contributed by atoms with Crippen molar-refractivity contribution in [3.63, 3.8) is 0 Å². The number of aromatic nitrogens is 1. The molecule has 1 N–H and O–H groups in total. The first-order chi connectivity index (χ1) is 10.1. The largest absolute Gasteiger partial charge is 0.506 e. The maximum absolute atomic E-state index is 12.6. The summed E-state index contributed by atoms with van der Waals surface area (Å²) >= 11 is 0. The van der Waals surface area contributed by atoms with E-state index in [0.717, 1.165) is 38.8 Å². The van der Waals surface area contributed by atoms with Crippen LogP contribution in [0.4, 0.5) is 0 Å². The molecule has 1 saturated carbocycles. The Morgan fingerprint density at radius 2 is 2.24 bits per heavy atom. The number of aromatic hydroxyl groups is 1. The maximum Gasteiger partial charge on any atom is 0.255 e. The van der Waals surface area contributed by atoms with Gasteiger partial charge in [0.05, 0.1) is 17.9 Å². The molecular weight excluding hydrogens is 268 g/mol. The molecule has 1 aliphatic carbocycles. The average Bonchev–Trinajstić information content (AvgIpc) is 2.88. The number of amides is 1. The molecule has 2 fully saturated rings. The topological polar surface area (TPSA) is 62.7 Å². The SMILES string of the molecule is CO[C@@H]1CCC[C@]12CCCN(C(=O)c1cncc(O)c1)C2. The molecule has 0 radical (unpaired) electrons. The zero-order valence-electron chi connectivity index (χ0n) is 12.4. The standard InChI is InChI=1S/C16H22N2O3/c1-21-14-4-2-5-16(14)6-3-7-18(11-16)15(20)12-8-13(19)10-17-9-12/h8-10,14,19H,2-7,11H2,1H3/t14-,16-/m1/s1. The third-order valence-corrected chi connectivity index (χ3v) is 4.97. The molecule has 1 aromatic heterocycles. The number of piperidine rings is 1. The van der Waals surface area contributed by atoms with Gasteiger partial charge in [0.15, 0.2) is 0 Å². The van der Waals surface area contributed by atoms with E-state index < -0.39 is 0 Å². The number of hydrogen-bond donors (Lipinski definition) is 1. The van der Waals surface area contributed by atoms with E-state index in [1.165, 1.54) is 24.9 Å². The van der Waals surface area contributed by atoms with Crippen LogP contribution in [0, 0.1) is 5.41 Å². The van der Waals surface area contributed by atoms with Crippen LogP contribution < -0.4 is 0 Å². The second kappa shape index (κ2) is 5.64. The number of pyridine rings is 1. The minimum atomic E-state index is -0.0424. The van der Waals surface area contributed by atoms with Crippen LogP contribution in [0.5, 0.6) is 5.75 Å². The summed E-state index contributed by atoms with van der Waals surface area (Å²) in [5, 5.41) is 9.49. The van der Waals surface area contributed by atoms with Gasteiger partial charge in [0.25, 0.3) is 5.91 Å². The predicted octanol–water partition coefficient (Wildman–Crippen LogP) is 2.21. The number of likely N-dealkylation sites (tertiary alicyclic amines) is 1. The number of nitrogens with zero attached hydrogens (tertiary/aromatic N) is 2. The van der Waals surface area contributed by atoms with Crippen molar-refractivity contribution in [1.82, 2.24) is 9.88 Å². The van der Waals surface area contributed by atoms with E-state index in [1.807, 2.05) is 4.90 Å². The van der Waals surface area contributed by atoms with Crippen molar-refractivity contribution in [3.8, 4) is 5.75 Å². The Hall–Kier alpha value is -1.62.